The van der Waals surface area contributed by atoms with Gasteiger partial charge in [-0.2, -0.15) is 0 Å². The van der Waals surface area contributed by atoms with E-state index < -0.39 is 24.6 Å². The number of aromatic nitrogens is 2. The van der Waals surface area contributed by atoms with Gasteiger partial charge in [-0.1, -0.05) is 27.5 Å². The van der Waals surface area contributed by atoms with Crippen LogP contribution in [0.25, 0.3) is 10.9 Å². The molecule has 0 aliphatic heterocycles. The number of fused-ring (bicyclic) bond motifs is 1. The lowest BCUT2D eigenvalue weighted by atomic mass is 10.1. The highest BCUT2D eigenvalue weighted by molar-refractivity contribution is 9.10. The van der Waals surface area contributed by atoms with E-state index in [0.717, 1.165) is 15.4 Å². The third-order valence-electron chi connectivity index (χ3n) is 3.96. The van der Waals surface area contributed by atoms with Crippen LogP contribution in [0.2, 0.25) is 5.02 Å². The Morgan fingerprint density at radius 2 is 2.08 bits per heavy atom. The van der Waals surface area contributed by atoms with Gasteiger partial charge in [0, 0.05) is 16.1 Å². The highest BCUT2D eigenvalue weighted by atomic mass is 79.9. The van der Waals surface area contributed by atoms with Crippen molar-refractivity contribution in [3.8, 4) is 0 Å². The first kappa shape index (κ1) is 19.0. The second-order valence-corrected chi connectivity index (χ2v) is 7.13. The van der Waals surface area contributed by atoms with Gasteiger partial charge >= 0.3 is 0 Å². The molecule has 0 saturated heterocycles. The van der Waals surface area contributed by atoms with Gasteiger partial charge in [0.15, 0.2) is 0 Å². The summed E-state index contributed by atoms with van der Waals surface area (Å²) in [6.07, 6.45) is 0.366. The number of benzene rings is 1. The van der Waals surface area contributed by atoms with Crippen LogP contribution >= 0.6 is 27.5 Å². The average Bonchev–Trinajstić information content (AvgIpc) is 2.63. The highest BCUT2D eigenvalue weighted by Crippen LogP contribution is 2.34. The summed E-state index contributed by atoms with van der Waals surface area (Å²) in [6.45, 7) is 1.25. The van der Waals surface area contributed by atoms with Crippen molar-refractivity contribution in [1.82, 2.24) is 9.97 Å². The molecule has 3 rings (SSSR count). The minimum atomic E-state index is -1.16. The Hall–Kier alpha value is -1.80. The van der Waals surface area contributed by atoms with E-state index in [1.54, 1.807) is 6.92 Å². The molecule has 2 heterocycles. The molecule has 136 valence electrons. The smallest absolute Gasteiger partial charge is 0.146 e. The molecule has 0 aliphatic carbocycles. The zero-order valence-corrected chi connectivity index (χ0v) is 16.1. The van der Waals surface area contributed by atoms with E-state index in [-0.39, 0.29) is 11.4 Å². The maximum absolute atomic E-state index is 14.3. The number of hydrogen-bond donors (Lipinski definition) is 3. The minimum Gasteiger partial charge on any atom is -0.393 e. The van der Waals surface area contributed by atoms with E-state index in [2.05, 4.69) is 31.2 Å². The van der Waals surface area contributed by atoms with E-state index >= 15 is 0 Å². The quantitative estimate of drug-likeness (QED) is 0.549. The zero-order chi connectivity index (χ0) is 18.8. The number of aliphatic hydroxyl groups is 2. The summed E-state index contributed by atoms with van der Waals surface area (Å²) in [6, 6.07) is 7.62. The van der Waals surface area contributed by atoms with E-state index in [9.17, 15) is 9.50 Å². The number of hydrogen-bond acceptors (Lipinski definition) is 5. The third kappa shape index (κ3) is 3.81. The Labute approximate surface area is 163 Å². The number of nitrogens with zero attached hydrogens (tertiary/aromatic N) is 2. The Kier molecular flexibility index (Phi) is 5.72. The molecule has 0 bridgehead atoms. The Bertz CT molecular complexity index is 952. The molecule has 26 heavy (non-hydrogen) atoms. The lowest BCUT2D eigenvalue weighted by Crippen LogP contribution is -2.14. The third-order valence-corrected chi connectivity index (χ3v) is 4.74. The fourth-order valence-electron chi connectivity index (χ4n) is 2.63. The van der Waals surface area contributed by atoms with E-state index in [1.165, 1.54) is 18.3 Å². The van der Waals surface area contributed by atoms with E-state index in [4.69, 9.17) is 16.7 Å². The van der Waals surface area contributed by atoms with Crippen LogP contribution in [0.4, 0.5) is 10.1 Å². The molecule has 1 aromatic carbocycles. The van der Waals surface area contributed by atoms with Crippen molar-refractivity contribution in [2.75, 3.05) is 11.9 Å². The Balaban J connectivity index is 2.01. The van der Waals surface area contributed by atoms with Gasteiger partial charge < -0.3 is 15.5 Å². The summed E-state index contributed by atoms with van der Waals surface area (Å²) in [5.74, 6) is -0.519. The summed E-state index contributed by atoms with van der Waals surface area (Å²) < 4.78 is 15.1. The molecule has 5 nitrogen and oxygen atoms in total. The molecular formula is C18H16BrClFN3O2. The van der Waals surface area contributed by atoms with E-state index in [0.29, 0.717) is 10.7 Å². The van der Waals surface area contributed by atoms with Crippen LogP contribution in [0, 0.1) is 5.82 Å². The molecular weight excluding hydrogens is 425 g/mol. The summed E-state index contributed by atoms with van der Waals surface area (Å²) in [7, 11) is 0. The predicted molar refractivity (Wildman–Crippen MR) is 103 cm³/mol. The number of rotatable bonds is 5. The molecule has 0 amide bonds. The normalized spacial score (nSPS) is 13.6. The number of nitrogens with one attached hydrogen (secondary N) is 1. The largest absolute Gasteiger partial charge is 0.393 e. The van der Waals surface area contributed by atoms with Crippen LogP contribution in [-0.4, -0.2) is 26.8 Å². The van der Waals surface area contributed by atoms with Crippen molar-refractivity contribution in [2.45, 2.75) is 19.1 Å². The molecule has 2 aromatic heterocycles. The first-order chi connectivity index (χ1) is 12.4. The minimum absolute atomic E-state index is 0.117. The fraction of sp³-hybridized carbons (Fsp3) is 0.222. The van der Waals surface area contributed by atoms with Gasteiger partial charge in [0.05, 0.1) is 40.3 Å². The number of halogens is 3. The van der Waals surface area contributed by atoms with Crippen molar-refractivity contribution in [3.63, 3.8) is 0 Å². The lowest BCUT2D eigenvalue weighted by Gasteiger charge is -2.19. The van der Waals surface area contributed by atoms with Crippen molar-refractivity contribution in [3.05, 3.63) is 63.2 Å². The second kappa shape index (κ2) is 7.84. The molecule has 2 unspecified atom stereocenters. The maximum Gasteiger partial charge on any atom is 0.146 e. The number of anilines is 1. The topological polar surface area (TPSA) is 78.3 Å². The summed E-state index contributed by atoms with van der Waals surface area (Å²) >= 11 is 9.73. The van der Waals surface area contributed by atoms with Gasteiger partial charge in [0.1, 0.15) is 11.9 Å². The lowest BCUT2D eigenvalue weighted by molar-refractivity contribution is 0.0919. The van der Waals surface area contributed by atoms with Crippen molar-refractivity contribution >= 4 is 44.1 Å². The SMILES string of the molecule is CC(Nc1c(Cl)cnc2ccc(Br)cc12)c1nc(C(O)CO)ccc1F. The highest BCUT2D eigenvalue weighted by Gasteiger charge is 2.19. The summed E-state index contributed by atoms with van der Waals surface area (Å²) in [5.41, 5.74) is 1.67. The number of pyridine rings is 2. The van der Waals surface area contributed by atoms with Crippen LogP contribution in [0.15, 0.2) is 41.0 Å². The fourth-order valence-corrected chi connectivity index (χ4v) is 3.19. The van der Waals surface area contributed by atoms with Gasteiger partial charge in [0.25, 0.3) is 0 Å². The molecule has 3 aromatic rings. The molecule has 3 N–H and O–H groups in total. The molecule has 0 radical (unpaired) electrons. The zero-order valence-electron chi connectivity index (χ0n) is 13.7. The van der Waals surface area contributed by atoms with Crippen molar-refractivity contribution in [1.29, 1.82) is 0 Å². The second-order valence-electron chi connectivity index (χ2n) is 5.81. The molecule has 0 spiro atoms. The van der Waals surface area contributed by atoms with Gasteiger partial charge in [-0.3, -0.25) is 4.98 Å². The van der Waals surface area contributed by atoms with Crippen LogP contribution < -0.4 is 5.32 Å². The van der Waals surface area contributed by atoms with Crippen molar-refractivity contribution < 1.29 is 14.6 Å². The molecule has 8 heteroatoms. The average molecular weight is 441 g/mol. The standard InChI is InChI=1S/C18H16BrClFN3O2/c1-9(17-13(21)3-5-15(24-17)16(26)8-25)23-18-11-6-10(19)2-4-14(11)22-7-12(18)20/h2-7,9,16,25-26H,8H2,1H3,(H,22,23). The van der Waals surface area contributed by atoms with Crippen molar-refractivity contribution in [2.24, 2.45) is 0 Å². The molecule has 0 fully saturated rings. The predicted octanol–water partition coefficient (Wildman–Crippen LogP) is 4.38. The maximum atomic E-state index is 14.3. The van der Waals surface area contributed by atoms with E-state index in [1.807, 2.05) is 18.2 Å². The monoisotopic (exact) mass is 439 g/mol. The van der Waals surface area contributed by atoms with Crippen LogP contribution in [-0.2, 0) is 0 Å². The first-order valence-electron chi connectivity index (χ1n) is 7.86. The molecule has 0 aliphatic rings. The molecule has 2 atom stereocenters. The summed E-state index contributed by atoms with van der Waals surface area (Å²) in [4.78, 5) is 8.44. The number of aliphatic hydroxyl groups excluding tert-OH is 2. The van der Waals surface area contributed by atoms with Gasteiger partial charge in [-0.15, -0.1) is 0 Å². The van der Waals surface area contributed by atoms with Gasteiger partial charge in [0.2, 0.25) is 0 Å². The Morgan fingerprint density at radius 1 is 1.31 bits per heavy atom. The first-order valence-corrected chi connectivity index (χ1v) is 9.03. The molecule has 0 saturated carbocycles. The summed E-state index contributed by atoms with van der Waals surface area (Å²) in [5, 5.41) is 23.2. The van der Waals surface area contributed by atoms with Gasteiger partial charge in [-0.25, -0.2) is 9.37 Å². The van der Waals surface area contributed by atoms with Crippen LogP contribution in [0.1, 0.15) is 30.5 Å². The Morgan fingerprint density at radius 3 is 2.81 bits per heavy atom. The van der Waals surface area contributed by atoms with Crippen LogP contribution in [0.5, 0.6) is 0 Å². The van der Waals surface area contributed by atoms with Gasteiger partial charge in [-0.05, 0) is 37.3 Å². The van der Waals surface area contributed by atoms with Crippen LogP contribution in [0.3, 0.4) is 0 Å².